The highest BCUT2D eigenvalue weighted by atomic mass is 79.9. The first-order valence-corrected chi connectivity index (χ1v) is 13.8. The van der Waals surface area contributed by atoms with Crippen molar-refractivity contribution < 1.29 is 0 Å². The minimum absolute atomic E-state index is 0.864. The largest absolute Gasteiger partial charge is 0.0622 e. The van der Waals surface area contributed by atoms with Gasteiger partial charge in [-0.25, -0.2) is 0 Å². The van der Waals surface area contributed by atoms with Gasteiger partial charge in [-0.2, -0.15) is 0 Å². The number of halogens is 2. The van der Waals surface area contributed by atoms with E-state index < -0.39 is 0 Å². The maximum absolute atomic E-state index is 4.09. The van der Waals surface area contributed by atoms with Crippen molar-refractivity contribution in [2.45, 2.75) is 12.8 Å². The van der Waals surface area contributed by atoms with Gasteiger partial charge in [0.25, 0.3) is 0 Å². The molecule has 0 saturated carbocycles. The smallest absolute Gasteiger partial charge is 0.0335 e. The van der Waals surface area contributed by atoms with E-state index in [9.17, 15) is 0 Å². The van der Waals surface area contributed by atoms with Gasteiger partial charge in [0.2, 0.25) is 0 Å². The molecule has 174 valence electrons. The third-order valence-corrected chi connectivity index (χ3v) is 8.58. The van der Waals surface area contributed by atoms with E-state index in [2.05, 4.69) is 153 Å². The van der Waals surface area contributed by atoms with Crippen molar-refractivity contribution in [3.05, 3.63) is 153 Å². The van der Waals surface area contributed by atoms with Gasteiger partial charge in [0.15, 0.2) is 0 Å². The second kappa shape index (κ2) is 10.0. The second-order valence-corrected chi connectivity index (χ2v) is 10.8. The van der Waals surface area contributed by atoms with Crippen LogP contribution in [0, 0.1) is 0 Å². The van der Waals surface area contributed by atoms with E-state index in [4.69, 9.17) is 0 Å². The van der Waals surface area contributed by atoms with Crippen LogP contribution in [0.15, 0.2) is 130 Å². The van der Waals surface area contributed by atoms with Crippen LogP contribution < -0.4 is 0 Å². The van der Waals surface area contributed by atoms with E-state index in [0.717, 1.165) is 21.8 Å². The summed E-state index contributed by atoms with van der Waals surface area (Å²) in [6, 6.07) is 43.6. The van der Waals surface area contributed by atoms with Gasteiger partial charge < -0.3 is 0 Å². The third kappa shape index (κ3) is 4.40. The van der Waals surface area contributed by atoms with E-state index in [0.29, 0.717) is 0 Å². The van der Waals surface area contributed by atoms with E-state index in [1.807, 2.05) is 0 Å². The van der Waals surface area contributed by atoms with Crippen molar-refractivity contribution >= 4 is 53.4 Å². The molecule has 0 atom stereocenters. The lowest BCUT2D eigenvalue weighted by atomic mass is 9.87. The van der Waals surface area contributed by atoms with E-state index in [1.54, 1.807) is 0 Å². The number of hydrogen-bond donors (Lipinski definition) is 0. The fourth-order valence-corrected chi connectivity index (χ4v) is 6.63. The van der Waals surface area contributed by atoms with Crippen molar-refractivity contribution in [2.24, 2.45) is 0 Å². The predicted molar refractivity (Wildman–Crippen MR) is 161 cm³/mol. The van der Waals surface area contributed by atoms with E-state index >= 15 is 0 Å². The highest BCUT2D eigenvalue weighted by Gasteiger charge is 2.21. The van der Waals surface area contributed by atoms with Crippen LogP contribution in [0.3, 0.4) is 0 Å². The molecule has 0 saturated heterocycles. The molecule has 0 N–H and O–H groups in total. The first kappa shape index (κ1) is 23.2. The van der Waals surface area contributed by atoms with E-state index in [-0.39, 0.29) is 0 Å². The maximum Gasteiger partial charge on any atom is 0.0335 e. The van der Waals surface area contributed by atoms with Crippen molar-refractivity contribution in [3.8, 4) is 11.1 Å². The van der Waals surface area contributed by atoms with Crippen LogP contribution in [0.1, 0.15) is 22.3 Å². The molecule has 0 spiro atoms. The first-order valence-electron chi connectivity index (χ1n) is 12.2. The molecule has 6 aromatic rings. The average Bonchev–Trinajstić information content (AvgIpc) is 2.91. The Morgan fingerprint density at radius 3 is 1.53 bits per heavy atom. The molecule has 0 bridgehead atoms. The molecule has 0 nitrogen and oxygen atoms in total. The monoisotopic (exact) mass is 590 g/mol. The summed E-state index contributed by atoms with van der Waals surface area (Å²) in [5.41, 5.74) is 7.73. The highest BCUT2D eigenvalue weighted by molar-refractivity contribution is 9.11. The van der Waals surface area contributed by atoms with Crippen molar-refractivity contribution in [2.75, 3.05) is 0 Å². The minimum atomic E-state index is 0.864. The molecule has 0 aliphatic carbocycles. The number of hydrogen-bond acceptors (Lipinski definition) is 0. The van der Waals surface area contributed by atoms with Gasteiger partial charge in [0.1, 0.15) is 0 Å². The molecule has 0 aromatic heterocycles. The Hall–Kier alpha value is -3.20. The van der Waals surface area contributed by atoms with Crippen molar-refractivity contribution in [3.63, 3.8) is 0 Å². The Kier molecular flexibility index (Phi) is 6.48. The second-order valence-electron chi connectivity index (χ2n) is 9.22. The molecule has 2 heteroatoms. The summed E-state index contributed by atoms with van der Waals surface area (Å²) in [7, 11) is 0. The third-order valence-electron chi connectivity index (χ3n) is 6.85. The molecule has 0 fully saturated rings. The summed E-state index contributed by atoms with van der Waals surface area (Å²) >= 11 is 8.17. The van der Waals surface area contributed by atoms with Crippen LogP contribution >= 0.6 is 31.9 Å². The zero-order valence-electron chi connectivity index (χ0n) is 19.7. The first-order chi connectivity index (χ1) is 17.7. The molecule has 0 heterocycles. The van der Waals surface area contributed by atoms with Gasteiger partial charge >= 0.3 is 0 Å². The summed E-state index contributed by atoms with van der Waals surface area (Å²) in [6.07, 6.45) is 1.74. The van der Waals surface area contributed by atoms with Crippen LogP contribution in [0.5, 0.6) is 0 Å². The molecule has 36 heavy (non-hydrogen) atoms. The lowest BCUT2D eigenvalue weighted by molar-refractivity contribution is 1.18. The Morgan fingerprint density at radius 1 is 0.417 bits per heavy atom. The van der Waals surface area contributed by atoms with Crippen LogP contribution in [-0.2, 0) is 12.8 Å². The molecule has 6 rings (SSSR count). The summed E-state index contributed by atoms with van der Waals surface area (Å²) in [5, 5.41) is 4.99. The molecule has 0 unspecified atom stereocenters. The van der Waals surface area contributed by atoms with Gasteiger partial charge in [-0.3, -0.25) is 0 Å². The molecular weight excluding hydrogens is 568 g/mol. The molecule has 6 aromatic carbocycles. The number of benzene rings is 6. The average molecular weight is 592 g/mol. The minimum Gasteiger partial charge on any atom is -0.0622 e. The zero-order valence-corrected chi connectivity index (χ0v) is 22.9. The Labute approximate surface area is 228 Å². The molecule has 0 aliphatic heterocycles. The van der Waals surface area contributed by atoms with E-state index in [1.165, 1.54) is 54.9 Å². The van der Waals surface area contributed by atoms with Crippen molar-refractivity contribution in [1.29, 1.82) is 0 Å². The topological polar surface area (TPSA) is 0 Å². The number of rotatable bonds is 5. The Morgan fingerprint density at radius 2 is 0.889 bits per heavy atom. The highest BCUT2D eigenvalue weighted by Crippen LogP contribution is 2.46. The van der Waals surface area contributed by atoms with Gasteiger partial charge in [-0.15, -0.1) is 0 Å². The molecule has 0 aliphatic rings. The number of fused-ring (bicyclic) bond motifs is 2. The van der Waals surface area contributed by atoms with Crippen LogP contribution in [0.4, 0.5) is 0 Å². The summed E-state index contributed by atoms with van der Waals surface area (Å²) in [6.45, 7) is 0. The normalized spacial score (nSPS) is 11.3. The van der Waals surface area contributed by atoms with Crippen molar-refractivity contribution in [1.82, 2.24) is 0 Å². The van der Waals surface area contributed by atoms with Crippen LogP contribution in [0.2, 0.25) is 0 Å². The summed E-state index contributed by atoms with van der Waals surface area (Å²) in [5.74, 6) is 0. The fourth-order valence-electron chi connectivity index (χ4n) is 5.15. The SMILES string of the molecule is Brc1c(Cc2ccccc2)cc2ccccc2c1-c1c(Cc2ccccc2)cc2ccccc2c1Br. The van der Waals surface area contributed by atoms with Gasteiger partial charge in [0, 0.05) is 20.1 Å². The zero-order chi connectivity index (χ0) is 24.5. The van der Waals surface area contributed by atoms with Gasteiger partial charge in [-0.05, 0) is 94.6 Å². The van der Waals surface area contributed by atoms with Gasteiger partial charge in [0.05, 0.1) is 0 Å². The van der Waals surface area contributed by atoms with Crippen LogP contribution in [0.25, 0.3) is 32.7 Å². The predicted octanol–water partition coefficient (Wildman–Crippen LogP) is 10.4. The summed E-state index contributed by atoms with van der Waals surface area (Å²) < 4.78 is 2.31. The molecule has 0 amide bonds. The Bertz CT molecular complexity index is 1690. The van der Waals surface area contributed by atoms with Gasteiger partial charge in [-0.1, -0.05) is 115 Å². The molecular formula is C34H24Br2. The quantitative estimate of drug-likeness (QED) is 0.187. The summed E-state index contributed by atoms with van der Waals surface area (Å²) in [4.78, 5) is 0. The lowest BCUT2D eigenvalue weighted by Gasteiger charge is -2.20. The standard InChI is InChI=1S/C34H24Br2/c35-33-28(20-24-13-5-2-6-14-24)22-25-15-7-9-17-29(25)32(33)31-27(19-23-11-3-1-4-12-23)21-26-16-8-10-18-30(26)34(31)36/h1-18,21-22H,19-20H2. The maximum atomic E-state index is 4.09. The molecule has 0 radical (unpaired) electrons. The lowest BCUT2D eigenvalue weighted by Crippen LogP contribution is -1.99. The van der Waals surface area contributed by atoms with Crippen LogP contribution in [-0.4, -0.2) is 0 Å². The fraction of sp³-hybridized carbons (Fsp3) is 0.0588. The Balaban J connectivity index is 1.66.